The van der Waals surface area contributed by atoms with Gasteiger partial charge in [0.15, 0.2) is 0 Å². The maximum Gasteiger partial charge on any atom is 0.306 e. The van der Waals surface area contributed by atoms with Gasteiger partial charge in [-0.05, 0) is 81.5 Å². The fourth-order valence-corrected chi connectivity index (χ4v) is 7.36. The van der Waals surface area contributed by atoms with Crippen LogP contribution in [0.15, 0.2) is 11.6 Å². The number of aliphatic hydroxyl groups excluding tert-OH is 1. The Bertz CT molecular complexity index is 625. The molecule has 3 heteroatoms. The summed E-state index contributed by atoms with van der Waals surface area (Å²) in [5, 5.41) is 10.1. The van der Waals surface area contributed by atoms with E-state index in [4.69, 9.17) is 4.74 Å². The Balaban J connectivity index is 1.63. The molecule has 1 N–H and O–H groups in total. The molecule has 0 aliphatic heterocycles. The summed E-state index contributed by atoms with van der Waals surface area (Å²) < 4.78 is 6.06. The van der Waals surface area contributed by atoms with Crippen LogP contribution in [0.1, 0.15) is 85.5 Å². The highest BCUT2D eigenvalue weighted by Crippen LogP contribution is 2.67. The van der Waals surface area contributed by atoms with Crippen LogP contribution in [0, 0.1) is 28.6 Å². The number of rotatable bonds is 2. The first-order valence-electron chi connectivity index (χ1n) is 10.8. The Kier molecular flexibility index (Phi) is 4.34. The molecule has 0 aromatic carbocycles. The maximum absolute atomic E-state index is 12.1. The van der Waals surface area contributed by atoms with E-state index in [-0.39, 0.29) is 28.5 Å². The maximum atomic E-state index is 12.1. The summed E-state index contributed by atoms with van der Waals surface area (Å²) in [4.78, 5) is 12.1. The van der Waals surface area contributed by atoms with Crippen molar-refractivity contribution in [2.75, 3.05) is 0 Å². The fraction of sp³-hybridized carbons (Fsp3) is 0.870. The molecule has 0 radical (unpaired) electrons. The van der Waals surface area contributed by atoms with E-state index < -0.39 is 0 Å². The number of fused-ring (bicyclic) bond motifs is 5. The van der Waals surface area contributed by atoms with Gasteiger partial charge in [-0.25, -0.2) is 0 Å². The molecule has 0 saturated heterocycles. The monoisotopic (exact) mass is 360 g/mol. The summed E-state index contributed by atoms with van der Waals surface area (Å²) in [5.74, 6) is 2.05. The topological polar surface area (TPSA) is 46.5 Å². The third-order valence-corrected chi connectivity index (χ3v) is 9.24. The average molecular weight is 361 g/mol. The van der Waals surface area contributed by atoms with Gasteiger partial charge in [0, 0.05) is 11.8 Å². The van der Waals surface area contributed by atoms with Gasteiger partial charge in [0.1, 0.15) is 5.60 Å². The lowest BCUT2D eigenvalue weighted by atomic mass is 9.47. The van der Waals surface area contributed by atoms with Gasteiger partial charge in [-0.15, -0.1) is 0 Å². The lowest BCUT2D eigenvalue weighted by molar-refractivity contribution is -0.179. The lowest BCUT2D eigenvalue weighted by Crippen LogP contribution is -2.54. The first kappa shape index (κ1) is 18.5. The zero-order valence-corrected chi connectivity index (χ0v) is 17.0. The van der Waals surface area contributed by atoms with Gasteiger partial charge in [0.2, 0.25) is 0 Å². The molecule has 7 atom stereocenters. The van der Waals surface area contributed by atoms with E-state index in [9.17, 15) is 9.90 Å². The van der Waals surface area contributed by atoms with Gasteiger partial charge in [-0.3, -0.25) is 4.79 Å². The molecule has 4 aliphatic carbocycles. The van der Waals surface area contributed by atoms with Crippen LogP contribution in [0.5, 0.6) is 0 Å². The highest BCUT2D eigenvalue weighted by Gasteiger charge is 2.63. The molecule has 0 bridgehead atoms. The predicted octanol–water partition coefficient (Wildman–Crippen LogP) is 5.02. The molecule has 0 aromatic heterocycles. The lowest BCUT2D eigenvalue weighted by Gasteiger charge is -2.59. The van der Waals surface area contributed by atoms with Crippen molar-refractivity contribution >= 4 is 5.97 Å². The van der Waals surface area contributed by atoms with Crippen molar-refractivity contribution < 1.29 is 14.6 Å². The van der Waals surface area contributed by atoms with Crippen LogP contribution in [0.3, 0.4) is 0 Å². The average Bonchev–Trinajstić information content (AvgIpc) is 2.86. The predicted molar refractivity (Wildman–Crippen MR) is 102 cm³/mol. The summed E-state index contributed by atoms with van der Waals surface area (Å²) in [7, 11) is 0. The van der Waals surface area contributed by atoms with Crippen molar-refractivity contribution in [3.63, 3.8) is 0 Å². The number of aliphatic hydroxyl groups is 1. The highest BCUT2D eigenvalue weighted by atomic mass is 16.6. The first-order chi connectivity index (χ1) is 12.2. The van der Waals surface area contributed by atoms with Crippen molar-refractivity contribution in [2.24, 2.45) is 28.6 Å². The molecule has 3 fully saturated rings. The molecule has 0 aromatic rings. The van der Waals surface area contributed by atoms with Crippen molar-refractivity contribution in [1.29, 1.82) is 0 Å². The SMILES string of the molecule is CCC(=O)O[C@@]1(C)CC[C@H]2[C@@H]3CC=C4C[C@@H](O)CC[C@]4(C)[C@H]3CC[C@@]21C. The van der Waals surface area contributed by atoms with Gasteiger partial charge in [-0.2, -0.15) is 0 Å². The van der Waals surface area contributed by atoms with Crippen LogP contribution in [-0.2, 0) is 9.53 Å². The summed E-state index contributed by atoms with van der Waals surface area (Å²) in [6.07, 6.45) is 11.5. The number of hydrogen-bond donors (Lipinski definition) is 1. The molecular weight excluding hydrogens is 324 g/mol. The number of esters is 1. The Hall–Kier alpha value is -0.830. The largest absolute Gasteiger partial charge is 0.459 e. The molecule has 0 heterocycles. The molecule has 26 heavy (non-hydrogen) atoms. The molecular formula is C23H36O3. The summed E-state index contributed by atoms with van der Waals surface area (Å²) in [6, 6.07) is 0. The molecule has 3 saturated carbocycles. The zero-order chi connectivity index (χ0) is 18.7. The second kappa shape index (κ2) is 6.09. The molecule has 4 rings (SSSR count). The van der Waals surface area contributed by atoms with Crippen LogP contribution >= 0.6 is 0 Å². The third-order valence-electron chi connectivity index (χ3n) is 9.24. The number of carbonyl (C=O) groups excluding carboxylic acids is 1. The molecule has 146 valence electrons. The Morgan fingerprint density at radius 2 is 1.88 bits per heavy atom. The van der Waals surface area contributed by atoms with E-state index in [0.717, 1.165) is 44.4 Å². The molecule has 0 spiro atoms. The number of carbonyl (C=O) groups is 1. The quantitative estimate of drug-likeness (QED) is 0.555. The second-order valence-electron chi connectivity index (χ2n) is 10.2. The van der Waals surface area contributed by atoms with Gasteiger partial charge < -0.3 is 9.84 Å². The van der Waals surface area contributed by atoms with Gasteiger partial charge >= 0.3 is 5.97 Å². The van der Waals surface area contributed by atoms with E-state index >= 15 is 0 Å². The second-order valence-corrected chi connectivity index (χ2v) is 10.2. The van der Waals surface area contributed by atoms with Crippen molar-refractivity contribution in [3.8, 4) is 0 Å². The standard InChI is InChI=1S/C23H36O3/c1-5-20(25)26-23(4)13-10-19-17-7-6-15-14-16(24)8-11-21(15,2)18(17)9-12-22(19,23)3/h6,16-19,24H,5,7-14H2,1-4H3/t16-,17+,18-,19-,21-,22-,23-/m0/s1. The van der Waals surface area contributed by atoms with Crippen LogP contribution in [-0.4, -0.2) is 22.8 Å². The third kappa shape index (κ3) is 2.45. The molecule has 3 nitrogen and oxygen atoms in total. The smallest absolute Gasteiger partial charge is 0.306 e. The first-order valence-corrected chi connectivity index (χ1v) is 10.8. The molecule has 0 unspecified atom stereocenters. The minimum Gasteiger partial charge on any atom is -0.459 e. The normalized spacial score (nSPS) is 50.3. The van der Waals surface area contributed by atoms with E-state index in [2.05, 4.69) is 26.8 Å². The van der Waals surface area contributed by atoms with Crippen molar-refractivity contribution in [2.45, 2.75) is 97.2 Å². The number of hydrogen-bond acceptors (Lipinski definition) is 3. The molecule has 0 amide bonds. The van der Waals surface area contributed by atoms with Gasteiger partial charge in [0.25, 0.3) is 0 Å². The van der Waals surface area contributed by atoms with Gasteiger partial charge in [-0.1, -0.05) is 32.4 Å². The van der Waals surface area contributed by atoms with Crippen LogP contribution < -0.4 is 0 Å². The Labute approximate surface area is 158 Å². The van der Waals surface area contributed by atoms with Crippen molar-refractivity contribution in [1.82, 2.24) is 0 Å². The van der Waals surface area contributed by atoms with E-state index in [0.29, 0.717) is 18.3 Å². The minimum atomic E-state index is -0.302. The van der Waals surface area contributed by atoms with Crippen molar-refractivity contribution in [3.05, 3.63) is 11.6 Å². The number of allylic oxidation sites excluding steroid dienone is 1. The Morgan fingerprint density at radius 3 is 2.62 bits per heavy atom. The summed E-state index contributed by atoms with van der Waals surface area (Å²) >= 11 is 0. The minimum absolute atomic E-state index is 0.0458. The summed E-state index contributed by atoms with van der Waals surface area (Å²) in [5.41, 5.74) is 1.61. The van der Waals surface area contributed by atoms with Crippen LogP contribution in [0.2, 0.25) is 0 Å². The number of ether oxygens (including phenoxy) is 1. The van der Waals surface area contributed by atoms with Gasteiger partial charge in [0.05, 0.1) is 6.10 Å². The van der Waals surface area contributed by atoms with Crippen LogP contribution in [0.25, 0.3) is 0 Å². The van der Waals surface area contributed by atoms with E-state index in [1.54, 1.807) is 0 Å². The zero-order valence-electron chi connectivity index (χ0n) is 17.0. The van der Waals surface area contributed by atoms with Crippen LogP contribution in [0.4, 0.5) is 0 Å². The van der Waals surface area contributed by atoms with E-state index in [1.165, 1.54) is 18.4 Å². The Morgan fingerprint density at radius 1 is 1.15 bits per heavy atom. The summed E-state index contributed by atoms with van der Waals surface area (Å²) in [6.45, 7) is 8.96. The molecule has 4 aliphatic rings. The van der Waals surface area contributed by atoms with E-state index in [1.807, 2.05) is 6.92 Å². The highest BCUT2D eigenvalue weighted by molar-refractivity contribution is 5.69. The fourth-order valence-electron chi connectivity index (χ4n) is 7.36.